The van der Waals surface area contributed by atoms with E-state index >= 15 is 0 Å². The zero-order valence-corrected chi connectivity index (χ0v) is 15.1. The molecule has 7 nitrogen and oxygen atoms in total. The third-order valence-electron chi connectivity index (χ3n) is 5.04. The second kappa shape index (κ2) is 6.57. The number of hydrogen-bond donors (Lipinski definition) is 0. The first-order chi connectivity index (χ1) is 12.6. The minimum absolute atomic E-state index is 0.253. The molecule has 0 spiro atoms. The first kappa shape index (κ1) is 16.8. The fraction of sp³-hybridized carbons (Fsp3) is 0.389. The summed E-state index contributed by atoms with van der Waals surface area (Å²) in [4.78, 5) is 1.95. The Hall–Kier alpha value is -2.66. The molecule has 4 rings (SSSR count). The van der Waals surface area contributed by atoms with Crippen molar-refractivity contribution in [3.05, 3.63) is 47.7 Å². The van der Waals surface area contributed by atoms with Gasteiger partial charge in [-0.05, 0) is 43.0 Å². The van der Waals surface area contributed by atoms with Crippen molar-refractivity contribution in [1.82, 2.24) is 10.2 Å². The van der Waals surface area contributed by atoms with E-state index in [1.807, 2.05) is 35.2 Å². The van der Waals surface area contributed by atoms with Gasteiger partial charge in [0.15, 0.2) is 11.5 Å². The van der Waals surface area contributed by atoms with E-state index in [1.165, 1.54) is 0 Å². The minimum Gasteiger partial charge on any atom is -0.354 e. The number of rotatable bonds is 3. The fourth-order valence-electron chi connectivity index (χ4n) is 3.70. The molecule has 3 heterocycles. The smallest absolute Gasteiger partial charge is 0.239 e. The number of nitriles is 1. The van der Waals surface area contributed by atoms with Gasteiger partial charge >= 0.3 is 0 Å². The molecular weight excluding hydrogens is 350 g/mol. The van der Waals surface area contributed by atoms with E-state index in [0.29, 0.717) is 25.3 Å². The topological polar surface area (TPSA) is 90.2 Å². The Kier molecular flexibility index (Phi) is 4.24. The summed E-state index contributed by atoms with van der Waals surface area (Å²) >= 11 is 0. The van der Waals surface area contributed by atoms with Crippen LogP contribution in [0.5, 0.6) is 0 Å². The summed E-state index contributed by atoms with van der Waals surface area (Å²) in [7, 11) is -3.44. The maximum absolute atomic E-state index is 13.2. The molecular formula is C18H19N5O2S. The lowest BCUT2D eigenvalue weighted by molar-refractivity contribution is 0.526. The van der Waals surface area contributed by atoms with Gasteiger partial charge in [-0.3, -0.25) is 4.31 Å². The number of hydrogen-bond acceptors (Lipinski definition) is 6. The summed E-state index contributed by atoms with van der Waals surface area (Å²) in [5.74, 6) is 0.616. The van der Waals surface area contributed by atoms with E-state index in [-0.39, 0.29) is 5.69 Å². The molecule has 0 unspecified atom stereocenters. The van der Waals surface area contributed by atoms with Crippen LogP contribution in [0.15, 0.2) is 36.4 Å². The Morgan fingerprint density at radius 2 is 1.96 bits per heavy atom. The van der Waals surface area contributed by atoms with E-state index in [9.17, 15) is 8.42 Å². The highest BCUT2D eigenvalue weighted by molar-refractivity contribution is 7.93. The molecule has 0 amide bonds. The molecule has 0 aliphatic carbocycles. The highest BCUT2D eigenvalue weighted by Crippen LogP contribution is 2.33. The predicted octanol–water partition coefficient (Wildman–Crippen LogP) is 1.71. The Bertz CT molecular complexity index is 952. The van der Waals surface area contributed by atoms with Gasteiger partial charge in [-0.1, -0.05) is 18.2 Å². The summed E-state index contributed by atoms with van der Waals surface area (Å²) < 4.78 is 28.1. The van der Waals surface area contributed by atoms with Gasteiger partial charge in [0.25, 0.3) is 0 Å². The number of fused-ring (bicyclic) bond motifs is 1. The largest absolute Gasteiger partial charge is 0.354 e. The molecule has 134 valence electrons. The zero-order valence-electron chi connectivity index (χ0n) is 14.2. The second-order valence-corrected chi connectivity index (χ2v) is 8.73. The fourth-order valence-corrected chi connectivity index (χ4v) is 5.69. The van der Waals surface area contributed by atoms with Crippen molar-refractivity contribution in [2.24, 2.45) is 0 Å². The van der Waals surface area contributed by atoms with Crippen molar-refractivity contribution < 1.29 is 8.42 Å². The van der Waals surface area contributed by atoms with Crippen molar-refractivity contribution in [3.63, 3.8) is 0 Å². The summed E-state index contributed by atoms with van der Waals surface area (Å²) in [6.07, 6.45) is 2.18. The van der Waals surface area contributed by atoms with Crippen LogP contribution in [0.3, 0.4) is 0 Å². The maximum atomic E-state index is 13.2. The van der Waals surface area contributed by atoms with Crippen molar-refractivity contribution in [2.75, 3.05) is 28.8 Å². The lowest BCUT2D eigenvalue weighted by atomic mass is 10.1. The van der Waals surface area contributed by atoms with Crippen LogP contribution < -0.4 is 9.21 Å². The normalized spacial score (nSPS) is 19.9. The molecule has 0 radical (unpaired) electrons. The van der Waals surface area contributed by atoms with Crippen LogP contribution in [0.25, 0.3) is 0 Å². The van der Waals surface area contributed by atoms with Gasteiger partial charge in [0.1, 0.15) is 6.07 Å². The molecule has 0 bridgehead atoms. The highest BCUT2D eigenvalue weighted by atomic mass is 32.2. The van der Waals surface area contributed by atoms with Crippen molar-refractivity contribution in [2.45, 2.75) is 24.5 Å². The lowest BCUT2D eigenvalue weighted by Gasteiger charge is -2.35. The van der Waals surface area contributed by atoms with Gasteiger partial charge in [0.05, 0.1) is 10.9 Å². The molecule has 0 saturated carbocycles. The van der Waals surface area contributed by atoms with Crippen LogP contribution in [0.2, 0.25) is 0 Å². The standard InChI is InChI=1S/C18H19N5O2S/c19-12-15-7-8-18(21-20-15)22-10-3-5-16(13-22)26(24,25)23-11-9-14-4-1-2-6-17(14)23/h1-2,4,6-8,16H,3,5,9-11,13H2/t16-/m1/s1. The number of benzene rings is 1. The van der Waals surface area contributed by atoms with Crippen LogP contribution in [0.1, 0.15) is 24.1 Å². The Balaban J connectivity index is 1.56. The van der Waals surface area contributed by atoms with E-state index in [4.69, 9.17) is 5.26 Å². The van der Waals surface area contributed by atoms with Crippen LogP contribution in [0, 0.1) is 11.3 Å². The molecule has 2 aliphatic heterocycles. The van der Waals surface area contributed by atoms with Crippen molar-refractivity contribution >= 4 is 21.5 Å². The predicted molar refractivity (Wildman–Crippen MR) is 98.4 cm³/mol. The summed E-state index contributed by atoms with van der Waals surface area (Å²) in [5.41, 5.74) is 2.15. The Morgan fingerprint density at radius 3 is 2.73 bits per heavy atom. The van der Waals surface area contributed by atoms with Crippen LogP contribution >= 0.6 is 0 Å². The first-order valence-electron chi connectivity index (χ1n) is 8.68. The van der Waals surface area contributed by atoms with Gasteiger partial charge in [-0.15, -0.1) is 10.2 Å². The summed E-state index contributed by atoms with van der Waals surface area (Å²) in [6.45, 7) is 1.64. The average Bonchev–Trinajstić information content (AvgIpc) is 3.13. The van der Waals surface area contributed by atoms with Crippen molar-refractivity contribution in [1.29, 1.82) is 5.26 Å². The minimum atomic E-state index is -3.44. The SMILES string of the molecule is N#Cc1ccc(N2CCC[C@@H](S(=O)(=O)N3CCc4ccccc43)C2)nn1. The van der Waals surface area contributed by atoms with Crippen LogP contribution in [0.4, 0.5) is 11.5 Å². The average molecular weight is 369 g/mol. The molecule has 1 saturated heterocycles. The third-order valence-corrected chi connectivity index (χ3v) is 7.26. The number of aromatic nitrogens is 2. The van der Waals surface area contributed by atoms with E-state index in [0.717, 1.165) is 30.6 Å². The van der Waals surface area contributed by atoms with Gasteiger partial charge in [0, 0.05) is 19.6 Å². The summed E-state index contributed by atoms with van der Waals surface area (Å²) in [5, 5.41) is 16.3. The second-order valence-electron chi connectivity index (χ2n) is 6.59. The lowest BCUT2D eigenvalue weighted by Crippen LogP contribution is -2.48. The van der Waals surface area contributed by atoms with E-state index in [1.54, 1.807) is 16.4 Å². The van der Waals surface area contributed by atoms with E-state index in [2.05, 4.69) is 10.2 Å². The molecule has 1 fully saturated rings. The quantitative estimate of drug-likeness (QED) is 0.818. The first-order valence-corrected chi connectivity index (χ1v) is 10.2. The van der Waals surface area contributed by atoms with Gasteiger partial charge in [-0.25, -0.2) is 8.42 Å². The Labute approximate surface area is 152 Å². The number of anilines is 2. The highest BCUT2D eigenvalue weighted by Gasteiger charge is 2.38. The molecule has 2 aromatic rings. The molecule has 1 aromatic heterocycles. The third kappa shape index (κ3) is 2.88. The Morgan fingerprint density at radius 1 is 1.12 bits per heavy atom. The summed E-state index contributed by atoms with van der Waals surface area (Å²) in [6, 6.07) is 13.0. The molecule has 26 heavy (non-hydrogen) atoms. The monoisotopic (exact) mass is 369 g/mol. The molecule has 1 aromatic carbocycles. The molecule has 8 heteroatoms. The molecule has 2 aliphatic rings. The van der Waals surface area contributed by atoms with Crippen LogP contribution in [-0.2, 0) is 16.4 Å². The zero-order chi connectivity index (χ0) is 18.1. The van der Waals surface area contributed by atoms with Gasteiger partial charge in [0.2, 0.25) is 10.0 Å². The maximum Gasteiger partial charge on any atom is 0.239 e. The number of piperidine rings is 1. The van der Waals surface area contributed by atoms with E-state index < -0.39 is 15.3 Å². The van der Waals surface area contributed by atoms with Crippen LogP contribution in [-0.4, -0.2) is 43.5 Å². The number of sulfonamides is 1. The molecule has 1 atom stereocenters. The molecule has 0 N–H and O–H groups in total. The number of nitrogens with zero attached hydrogens (tertiary/aromatic N) is 5. The number of para-hydroxylation sites is 1. The van der Waals surface area contributed by atoms with Gasteiger partial charge < -0.3 is 4.90 Å². The van der Waals surface area contributed by atoms with Crippen molar-refractivity contribution in [3.8, 4) is 6.07 Å². The van der Waals surface area contributed by atoms with Gasteiger partial charge in [-0.2, -0.15) is 5.26 Å².